The maximum Gasteiger partial charge on any atom is 0.325 e. The molecule has 2 heterocycles. The number of urea groups is 1. The van der Waals surface area contributed by atoms with Crippen molar-refractivity contribution >= 4 is 17.8 Å². The molecule has 0 aromatic heterocycles. The van der Waals surface area contributed by atoms with E-state index in [4.69, 9.17) is 0 Å². The van der Waals surface area contributed by atoms with Crippen molar-refractivity contribution in [1.29, 1.82) is 0 Å². The van der Waals surface area contributed by atoms with Crippen molar-refractivity contribution in [2.45, 2.75) is 24.8 Å². The van der Waals surface area contributed by atoms with Gasteiger partial charge in [-0.3, -0.25) is 14.5 Å². The van der Waals surface area contributed by atoms with Crippen LogP contribution in [0, 0.1) is 11.7 Å². The van der Waals surface area contributed by atoms with Crippen molar-refractivity contribution in [2.75, 3.05) is 26.7 Å². The normalized spacial score (nSPS) is 23.8. The van der Waals surface area contributed by atoms with Crippen LogP contribution in [0.25, 0.3) is 0 Å². The van der Waals surface area contributed by atoms with Gasteiger partial charge in [0.2, 0.25) is 5.91 Å². The van der Waals surface area contributed by atoms with Gasteiger partial charge in [-0.2, -0.15) is 0 Å². The quantitative estimate of drug-likeness (QED) is 0.662. The molecule has 1 aromatic carbocycles. The summed E-state index contributed by atoms with van der Waals surface area (Å²) in [4.78, 5) is 38.4. The molecule has 0 unspecified atom stereocenters. The number of piperidine rings is 1. The van der Waals surface area contributed by atoms with Gasteiger partial charge in [-0.25, -0.2) is 9.18 Å². The number of hydrogen-bond acceptors (Lipinski definition) is 4. The molecule has 7 nitrogen and oxygen atoms in total. The third kappa shape index (κ3) is 3.41. The third-order valence-electron chi connectivity index (χ3n) is 5.21. The second-order valence-corrected chi connectivity index (χ2v) is 6.79. The van der Waals surface area contributed by atoms with E-state index < -0.39 is 17.5 Å². The minimum Gasteiger partial charge on any atom is -0.358 e. The number of halogens is 1. The molecule has 4 amide bonds. The van der Waals surface area contributed by atoms with Crippen molar-refractivity contribution < 1.29 is 18.8 Å². The minimum atomic E-state index is -1.11. The molecule has 2 aliphatic rings. The summed E-state index contributed by atoms with van der Waals surface area (Å²) in [5.74, 6) is -1.20. The van der Waals surface area contributed by atoms with Gasteiger partial charge in [0.05, 0.1) is 0 Å². The van der Waals surface area contributed by atoms with Crippen LogP contribution in [0.15, 0.2) is 24.3 Å². The molecule has 1 atom stereocenters. The molecule has 0 saturated carbocycles. The van der Waals surface area contributed by atoms with E-state index >= 15 is 0 Å². The van der Waals surface area contributed by atoms with Crippen LogP contribution in [0.2, 0.25) is 0 Å². The maximum atomic E-state index is 13.2. The molecular formula is C18H23FN4O3. The molecule has 3 N–H and O–H groups in total. The zero-order valence-electron chi connectivity index (χ0n) is 14.7. The first kappa shape index (κ1) is 18.3. The number of rotatable bonds is 5. The molecule has 0 aliphatic carbocycles. The summed E-state index contributed by atoms with van der Waals surface area (Å²) in [6.45, 7) is 1.21. The van der Waals surface area contributed by atoms with Gasteiger partial charge in [-0.15, -0.1) is 0 Å². The molecule has 3 rings (SSSR count). The first-order valence-electron chi connectivity index (χ1n) is 8.76. The number of carbonyl (C=O) groups excluding carboxylic acids is 3. The zero-order chi connectivity index (χ0) is 18.7. The Labute approximate surface area is 151 Å². The Hall–Kier alpha value is -2.48. The van der Waals surface area contributed by atoms with Gasteiger partial charge in [-0.05, 0) is 49.5 Å². The lowest BCUT2D eigenvalue weighted by Crippen LogP contribution is -2.57. The Morgan fingerprint density at radius 2 is 1.92 bits per heavy atom. The van der Waals surface area contributed by atoms with Gasteiger partial charge in [0.25, 0.3) is 5.91 Å². The molecule has 1 aromatic rings. The highest BCUT2D eigenvalue weighted by Gasteiger charge is 2.55. The van der Waals surface area contributed by atoms with Crippen LogP contribution in [0.1, 0.15) is 18.4 Å². The van der Waals surface area contributed by atoms with Crippen LogP contribution in [0.3, 0.4) is 0 Å². The Morgan fingerprint density at radius 1 is 1.27 bits per heavy atom. The average Bonchev–Trinajstić information content (AvgIpc) is 2.89. The lowest BCUT2D eigenvalue weighted by Gasteiger charge is -2.38. The highest BCUT2D eigenvalue weighted by molar-refractivity contribution is 6.09. The number of hydrogen-bond donors (Lipinski definition) is 3. The summed E-state index contributed by atoms with van der Waals surface area (Å²) in [7, 11) is 1.46. The second kappa shape index (κ2) is 7.41. The number of likely N-dealkylation sites (N-methyl/N-ethyl adjacent to an activating group) is 1. The Bertz CT molecular complexity index is 703. The van der Waals surface area contributed by atoms with E-state index in [1.807, 2.05) is 0 Å². The van der Waals surface area contributed by atoms with Crippen molar-refractivity contribution in [3.63, 3.8) is 0 Å². The van der Waals surface area contributed by atoms with Crippen molar-refractivity contribution in [2.24, 2.45) is 5.92 Å². The van der Waals surface area contributed by atoms with E-state index in [0.717, 1.165) is 36.4 Å². The lowest BCUT2D eigenvalue weighted by atomic mass is 9.74. The average molecular weight is 362 g/mol. The van der Waals surface area contributed by atoms with Crippen LogP contribution in [0.5, 0.6) is 0 Å². The van der Waals surface area contributed by atoms with Crippen molar-refractivity contribution in [3.8, 4) is 0 Å². The third-order valence-corrected chi connectivity index (χ3v) is 5.21. The number of amides is 4. The predicted molar refractivity (Wildman–Crippen MR) is 92.7 cm³/mol. The molecule has 2 aliphatic heterocycles. The summed E-state index contributed by atoms with van der Waals surface area (Å²) >= 11 is 0. The molecule has 0 spiro atoms. The van der Waals surface area contributed by atoms with Crippen molar-refractivity contribution in [3.05, 3.63) is 35.6 Å². The largest absolute Gasteiger partial charge is 0.358 e. The van der Waals surface area contributed by atoms with Gasteiger partial charge >= 0.3 is 6.03 Å². The molecule has 140 valence electrons. The van der Waals surface area contributed by atoms with E-state index in [-0.39, 0.29) is 30.6 Å². The fraction of sp³-hybridized carbons (Fsp3) is 0.500. The first-order valence-corrected chi connectivity index (χ1v) is 8.76. The van der Waals surface area contributed by atoms with Gasteiger partial charge in [0, 0.05) is 13.5 Å². The zero-order valence-corrected chi connectivity index (χ0v) is 14.7. The SMILES string of the molecule is CNC(=O)CN1C(=O)N[C@@](Cc2ccc(F)cc2)(C2CCNCC2)C1=O. The highest BCUT2D eigenvalue weighted by Crippen LogP contribution is 2.35. The number of nitrogens with one attached hydrogen (secondary N) is 3. The highest BCUT2D eigenvalue weighted by atomic mass is 19.1. The van der Waals surface area contributed by atoms with Gasteiger partial charge in [0.15, 0.2) is 0 Å². The molecule has 2 fully saturated rings. The topological polar surface area (TPSA) is 90.5 Å². The summed E-state index contributed by atoms with van der Waals surface area (Å²) < 4.78 is 13.2. The Balaban J connectivity index is 1.92. The van der Waals surface area contributed by atoms with Crippen LogP contribution >= 0.6 is 0 Å². The van der Waals surface area contributed by atoms with E-state index in [9.17, 15) is 18.8 Å². The summed E-state index contributed by atoms with van der Waals surface area (Å²) in [6, 6.07) is 5.38. The number of nitrogens with zero attached hydrogens (tertiary/aromatic N) is 1. The van der Waals surface area contributed by atoms with Gasteiger partial charge < -0.3 is 16.0 Å². The predicted octanol–water partition coefficient (Wildman–Crippen LogP) is 0.404. The maximum absolute atomic E-state index is 13.2. The first-order chi connectivity index (χ1) is 12.5. The molecular weight excluding hydrogens is 339 g/mol. The smallest absolute Gasteiger partial charge is 0.325 e. The molecule has 8 heteroatoms. The van der Waals surface area contributed by atoms with Crippen molar-refractivity contribution in [1.82, 2.24) is 20.9 Å². The summed E-state index contributed by atoms with van der Waals surface area (Å²) in [5.41, 5.74) is -0.342. The Kier molecular flexibility index (Phi) is 5.22. The van der Waals surface area contributed by atoms with Crippen LogP contribution in [-0.4, -0.2) is 55.0 Å². The van der Waals surface area contributed by atoms with E-state index in [1.54, 1.807) is 12.1 Å². The van der Waals surface area contributed by atoms with Crippen LogP contribution in [0.4, 0.5) is 9.18 Å². The van der Waals surface area contributed by atoms with E-state index in [2.05, 4.69) is 16.0 Å². The van der Waals surface area contributed by atoms with Gasteiger partial charge in [-0.1, -0.05) is 12.1 Å². The molecule has 2 saturated heterocycles. The standard InChI is InChI=1S/C18H23FN4O3/c1-20-15(24)11-23-16(25)18(22-17(23)26,13-6-8-21-9-7-13)10-12-2-4-14(19)5-3-12/h2-5,13,21H,6-11H2,1H3,(H,20,24)(H,22,26)/t18-/m0/s1. The van der Waals surface area contributed by atoms with E-state index in [1.165, 1.54) is 19.2 Å². The summed E-state index contributed by atoms with van der Waals surface area (Å²) in [6.07, 6.45) is 1.74. The fourth-order valence-corrected chi connectivity index (χ4v) is 3.79. The number of carbonyl (C=O) groups is 3. The molecule has 0 bridgehead atoms. The monoisotopic (exact) mass is 362 g/mol. The summed E-state index contributed by atoms with van der Waals surface area (Å²) in [5, 5.41) is 8.55. The second-order valence-electron chi connectivity index (χ2n) is 6.79. The lowest BCUT2D eigenvalue weighted by molar-refractivity contribution is -0.136. The Morgan fingerprint density at radius 3 is 2.54 bits per heavy atom. The van der Waals surface area contributed by atoms with Gasteiger partial charge in [0.1, 0.15) is 17.9 Å². The fourth-order valence-electron chi connectivity index (χ4n) is 3.79. The number of imide groups is 1. The molecule has 26 heavy (non-hydrogen) atoms. The van der Waals surface area contributed by atoms with Crippen LogP contribution in [-0.2, 0) is 16.0 Å². The molecule has 0 radical (unpaired) electrons. The van der Waals surface area contributed by atoms with Crippen LogP contribution < -0.4 is 16.0 Å². The number of benzene rings is 1. The minimum absolute atomic E-state index is 0.0556. The van der Waals surface area contributed by atoms with E-state index in [0.29, 0.717) is 0 Å².